The maximum atomic E-state index is 13.6. The Morgan fingerprint density at radius 1 is 0.846 bits per heavy atom. The molecule has 2 saturated heterocycles. The molecule has 52 heavy (non-hydrogen) atoms. The van der Waals surface area contributed by atoms with Crippen molar-refractivity contribution in [2.75, 3.05) is 25.4 Å². The van der Waals surface area contributed by atoms with Gasteiger partial charge in [-0.25, -0.2) is 14.4 Å². The molecule has 280 valence electrons. The molecule has 4 N–H and O–H groups in total. The first-order chi connectivity index (χ1) is 24.6. The molecule has 15 heteroatoms. The topological polar surface area (TPSA) is 177 Å². The summed E-state index contributed by atoms with van der Waals surface area (Å²) in [5.41, 5.74) is 2.90. The number of ether oxygens (including phenoxy) is 3. The fourth-order valence-corrected chi connectivity index (χ4v) is 7.75. The van der Waals surface area contributed by atoms with E-state index in [0.29, 0.717) is 25.0 Å². The number of alkyl carbamates (subject to hydrolysis) is 3. The number of piperidine rings is 1. The van der Waals surface area contributed by atoms with Crippen LogP contribution in [0, 0.1) is 0 Å². The zero-order valence-corrected chi connectivity index (χ0v) is 31.3. The van der Waals surface area contributed by atoms with Crippen molar-refractivity contribution in [3.8, 4) is 11.1 Å². The number of benzene rings is 2. The van der Waals surface area contributed by atoms with Crippen molar-refractivity contribution in [3.63, 3.8) is 0 Å². The fraction of sp³-hybridized carbons (Fsp3) is 0.514. The van der Waals surface area contributed by atoms with Gasteiger partial charge in [0.15, 0.2) is 0 Å². The molecule has 5 rings (SSSR count). The third kappa shape index (κ3) is 9.96. The van der Waals surface area contributed by atoms with Crippen molar-refractivity contribution in [1.29, 1.82) is 0 Å². The maximum absolute atomic E-state index is 13.6. The van der Waals surface area contributed by atoms with Crippen LogP contribution in [0.2, 0.25) is 0 Å². The summed E-state index contributed by atoms with van der Waals surface area (Å²) in [4.78, 5) is 70.3. The molecule has 0 aromatic heterocycles. The Balaban J connectivity index is 1.11. The molecule has 3 aliphatic rings. The third-order valence-electron chi connectivity index (χ3n) is 8.43. The quantitative estimate of drug-likeness (QED) is 0.128. The largest absolute Gasteiger partial charge is 0.449 e. The van der Waals surface area contributed by atoms with E-state index in [1.807, 2.05) is 36.4 Å². The Kier molecular flexibility index (Phi) is 12.0. The van der Waals surface area contributed by atoms with Crippen LogP contribution in [0.4, 0.5) is 14.4 Å². The number of hydrogen-bond acceptors (Lipinski definition) is 10. The van der Waals surface area contributed by atoms with Crippen LogP contribution in [-0.4, -0.2) is 95.1 Å². The van der Waals surface area contributed by atoms with E-state index in [-0.39, 0.29) is 48.8 Å². The van der Waals surface area contributed by atoms with Gasteiger partial charge in [0.25, 0.3) is 0 Å². The number of nitrogens with zero attached hydrogens (tertiary/aromatic N) is 2. The molecule has 3 atom stereocenters. The van der Waals surface area contributed by atoms with Crippen LogP contribution in [0.3, 0.4) is 0 Å². The molecule has 2 aromatic rings. The van der Waals surface area contributed by atoms with Crippen molar-refractivity contribution < 1.29 is 38.2 Å². The van der Waals surface area contributed by atoms with Gasteiger partial charge in [0.2, 0.25) is 17.8 Å². The first kappa shape index (κ1) is 38.4. The van der Waals surface area contributed by atoms with Crippen molar-refractivity contribution in [3.05, 3.63) is 59.7 Å². The van der Waals surface area contributed by atoms with Crippen LogP contribution in [-0.2, 0) is 23.8 Å². The van der Waals surface area contributed by atoms with Gasteiger partial charge in [-0.2, -0.15) is 0 Å². The van der Waals surface area contributed by atoms with E-state index in [9.17, 15) is 24.0 Å². The number of aliphatic imine (C=N–C) groups is 1. The van der Waals surface area contributed by atoms with Gasteiger partial charge in [-0.1, -0.05) is 48.5 Å². The lowest BCUT2D eigenvalue weighted by molar-refractivity contribution is -0.143. The minimum atomic E-state index is -0.804. The third-order valence-corrected chi connectivity index (χ3v) is 9.78. The number of guanidine groups is 1. The molecule has 2 fully saturated rings. The van der Waals surface area contributed by atoms with Gasteiger partial charge < -0.3 is 29.7 Å². The van der Waals surface area contributed by atoms with Gasteiger partial charge in [0.05, 0.1) is 5.37 Å². The Hall–Kier alpha value is -4.79. The standard InChI is InChI=1S/C37H48N6O8S/c1-36(2,3)50-34(47)41-32(42-35(48)51-37(4,5)6)39-19-11-18-38-30(44)28-21-52-29-17-16-27(31(45)43(28)29)40-33(46)49-20-26-24-14-9-7-12-22(24)23-13-8-10-15-25(23)26/h7-10,12-15,26-29H,11,16-21H2,1-6H3,(H,38,44)(H,40,46)(H2,39,41,42,47,48)/t27-,28-,29-/m0/s1. The zero-order valence-electron chi connectivity index (χ0n) is 30.4. The second-order valence-electron chi connectivity index (χ2n) is 14.8. The molecule has 0 unspecified atom stereocenters. The number of amides is 5. The number of carbonyl (C=O) groups excluding carboxylic acids is 5. The predicted octanol–water partition coefficient (Wildman–Crippen LogP) is 4.87. The highest BCUT2D eigenvalue weighted by Gasteiger charge is 2.47. The highest BCUT2D eigenvalue weighted by molar-refractivity contribution is 8.00. The Bertz CT molecular complexity index is 1630. The van der Waals surface area contributed by atoms with Crippen LogP contribution in [0.1, 0.15) is 77.8 Å². The average Bonchev–Trinajstić information content (AvgIpc) is 3.63. The Morgan fingerprint density at radius 3 is 2.00 bits per heavy atom. The summed E-state index contributed by atoms with van der Waals surface area (Å²) in [5, 5.41) is 10.3. The van der Waals surface area contributed by atoms with Gasteiger partial charge in [-0.3, -0.25) is 25.2 Å². The van der Waals surface area contributed by atoms with Crippen molar-refractivity contribution in [2.45, 2.75) is 95.4 Å². The molecule has 2 heterocycles. The number of carbonyl (C=O) groups is 5. The van der Waals surface area contributed by atoms with Crippen molar-refractivity contribution >= 4 is 47.8 Å². The average molecular weight is 737 g/mol. The smallest absolute Gasteiger partial charge is 0.414 e. The van der Waals surface area contributed by atoms with Crippen LogP contribution in [0.5, 0.6) is 0 Å². The summed E-state index contributed by atoms with van der Waals surface area (Å²) in [5.74, 6) is -0.452. The second-order valence-corrected chi connectivity index (χ2v) is 16.0. The molecule has 0 radical (unpaired) electrons. The first-order valence-corrected chi connectivity index (χ1v) is 18.5. The van der Waals surface area contributed by atoms with E-state index >= 15 is 0 Å². The molecule has 0 bridgehead atoms. The van der Waals surface area contributed by atoms with Crippen LogP contribution in [0.15, 0.2) is 53.5 Å². The molecule has 2 aliphatic heterocycles. The molecule has 14 nitrogen and oxygen atoms in total. The van der Waals surface area contributed by atoms with E-state index in [1.54, 1.807) is 58.2 Å². The molecular weight excluding hydrogens is 689 g/mol. The zero-order chi connectivity index (χ0) is 37.6. The molecule has 1 aliphatic carbocycles. The molecule has 0 saturated carbocycles. The van der Waals surface area contributed by atoms with E-state index in [2.05, 4.69) is 38.4 Å². The summed E-state index contributed by atoms with van der Waals surface area (Å²) in [6, 6.07) is 14.6. The Labute approximate surface area is 308 Å². The summed E-state index contributed by atoms with van der Waals surface area (Å²) in [6.45, 7) is 10.7. The van der Waals surface area contributed by atoms with Gasteiger partial charge in [0, 0.05) is 24.8 Å². The minimum absolute atomic E-state index is 0.104. The highest BCUT2D eigenvalue weighted by Crippen LogP contribution is 2.44. The fourth-order valence-electron chi connectivity index (χ4n) is 6.32. The lowest BCUT2D eigenvalue weighted by atomic mass is 9.98. The molecule has 2 aromatic carbocycles. The lowest BCUT2D eigenvalue weighted by Gasteiger charge is -2.36. The van der Waals surface area contributed by atoms with Gasteiger partial charge >= 0.3 is 18.3 Å². The minimum Gasteiger partial charge on any atom is -0.449 e. The normalized spacial score (nSPS) is 19.4. The van der Waals surface area contributed by atoms with Crippen molar-refractivity contribution in [1.82, 2.24) is 26.2 Å². The number of rotatable bonds is 8. The summed E-state index contributed by atoms with van der Waals surface area (Å²) in [6.07, 6.45) is -0.844. The van der Waals surface area contributed by atoms with E-state index in [1.165, 1.54) is 0 Å². The molecular formula is C37H48N6O8S. The first-order valence-electron chi connectivity index (χ1n) is 17.5. The second kappa shape index (κ2) is 16.3. The summed E-state index contributed by atoms with van der Waals surface area (Å²) in [7, 11) is 0. The monoisotopic (exact) mass is 736 g/mol. The van der Waals surface area contributed by atoms with Crippen LogP contribution < -0.4 is 21.3 Å². The van der Waals surface area contributed by atoms with Crippen LogP contribution >= 0.6 is 11.8 Å². The maximum Gasteiger partial charge on any atom is 0.414 e. The van der Waals surface area contributed by atoms with Gasteiger partial charge in [-0.15, -0.1) is 11.8 Å². The van der Waals surface area contributed by atoms with Crippen molar-refractivity contribution in [2.24, 2.45) is 4.99 Å². The van der Waals surface area contributed by atoms with E-state index in [4.69, 9.17) is 14.2 Å². The van der Waals surface area contributed by atoms with Gasteiger partial charge in [-0.05, 0) is 83.1 Å². The highest BCUT2D eigenvalue weighted by atomic mass is 32.2. The number of hydrogen-bond donors (Lipinski definition) is 4. The molecule has 5 amide bonds. The Morgan fingerprint density at radius 2 is 1.42 bits per heavy atom. The molecule has 0 spiro atoms. The number of thioether (sulfide) groups is 1. The lowest BCUT2D eigenvalue weighted by Crippen LogP contribution is -2.59. The number of nitrogens with one attached hydrogen (secondary N) is 4. The summed E-state index contributed by atoms with van der Waals surface area (Å²) >= 11 is 1.54. The van der Waals surface area contributed by atoms with E-state index < -0.39 is 41.6 Å². The van der Waals surface area contributed by atoms with Gasteiger partial charge in [0.1, 0.15) is 29.9 Å². The van der Waals surface area contributed by atoms with E-state index in [0.717, 1.165) is 22.3 Å². The summed E-state index contributed by atoms with van der Waals surface area (Å²) < 4.78 is 16.2. The predicted molar refractivity (Wildman–Crippen MR) is 197 cm³/mol. The van der Waals surface area contributed by atoms with Crippen LogP contribution in [0.25, 0.3) is 11.1 Å². The number of fused-ring (bicyclic) bond motifs is 4. The SMILES string of the molecule is CC(C)(C)OC(=O)NC(=NCCCNC(=O)[C@@H]1CS[C@H]2CC[C@H](NC(=O)OCC3c4ccccc4-c4ccccc43)C(=O)N21)NC(=O)OC(C)(C)C.